The van der Waals surface area contributed by atoms with Gasteiger partial charge in [0.05, 0.1) is 17.5 Å². The van der Waals surface area contributed by atoms with Gasteiger partial charge in [-0.2, -0.15) is 0 Å². The third kappa shape index (κ3) is 3.66. The van der Waals surface area contributed by atoms with Gasteiger partial charge in [0.15, 0.2) is 5.17 Å². The zero-order valence-corrected chi connectivity index (χ0v) is 19.6. The standard InChI is InChI=1S/C23H18Br2N2OS/c24-17-8-4-14(5-9-17)12-16-2-1-3-19-21(16)26-23-27(20(28)13-29-23)22(19)15-6-10-18(25)11-7-15/h4-12,22H,1-3,13H2/b16-12-/t22-/m1/s1. The first-order valence-corrected chi connectivity index (χ1v) is 12.2. The van der Waals surface area contributed by atoms with Crippen molar-refractivity contribution in [3.8, 4) is 0 Å². The van der Waals surface area contributed by atoms with E-state index in [1.165, 1.54) is 16.7 Å². The lowest BCUT2D eigenvalue weighted by Crippen LogP contribution is -2.38. The summed E-state index contributed by atoms with van der Waals surface area (Å²) in [7, 11) is 0. The Hall–Kier alpha value is -1.63. The van der Waals surface area contributed by atoms with E-state index in [0.717, 1.165) is 44.6 Å². The van der Waals surface area contributed by atoms with Crippen molar-refractivity contribution >= 4 is 60.8 Å². The molecular formula is C23H18Br2N2OS. The number of aliphatic imine (C=N–C) groups is 1. The number of amidine groups is 1. The summed E-state index contributed by atoms with van der Waals surface area (Å²) in [5.41, 5.74) is 5.94. The third-order valence-corrected chi connectivity index (χ3v) is 7.49. The van der Waals surface area contributed by atoms with Crippen LogP contribution in [0.15, 0.2) is 79.3 Å². The number of hydrogen-bond donors (Lipinski definition) is 0. The largest absolute Gasteiger partial charge is 0.279 e. The SMILES string of the molecule is O=C1CSC2=NC3=C(CCC/C3=C/c3ccc(Br)cc3)[C@@H](c3ccc(Br)cc3)N12. The highest BCUT2D eigenvalue weighted by molar-refractivity contribution is 9.10. The minimum absolute atomic E-state index is 0.0540. The second-order valence-corrected chi connectivity index (χ2v) is 10.1. The van der Waals surface area contributed by atoms with Gasteiger partial charge in [-0.15, -0.1) is 0 Å². The number of halogens is 2. The van der Waals surface area contributed by atoms with Crippen LogP contribution in [0.25, 0.3) is 6.08 Å². The summed E-state index contributed by atoms with van der Waals surface area (Å²) in [6, 6.07) is 16.6. The van der Waals surface area contributed by atoms with Crippen molar-refractivity contribution in [1.82, 2.24) is 4.90 Å². The van der Waals surface area contributed by atoms with Crippen LogP contribution in [0.4, 0.5) is 0 Å². The summed E-state index contributed by atoms with van der Waals surface area (Å²) in [5, 5.41) is 0.838. The summed E-state index contributed by atoms with van der Waals surface area (Å²) in [4.78, 5) is 19.6. The van der Waals surface area contributed by atoms with E-state index in [1.54, 1.807) is 11.8 Å². The zero-order valence-electron chi connectivity index (χ0n) is 15.6. The average molecular weight is 530 g/mol. The fourth-order valence-electron chi connectivity index (χ4n) is 4.18. The fourth-order valence-corrected chi connectivity index (χ4v) is 5.60. The van der Waals surface area contributed by atoms with Gasteiger partial charge in [-0.25, -0.2) is 4.99 Å². The molecule has 146 valence electrons. The maximum absolute atomic E-state index is 12.7. The lowest BCUT2D eigenvalue weighted by molar-refractivity contribution is -0.125. The Morgan fingerprint density at radius 1 is 1.00 bits per heavy atom. The molecule has 0 aromatic heterocycles. The molecule has 3 nitrogen and oxygen atoms in total. The minimum Gasteiger partial charge on any atom is -0.279 e. The fraction of sp³-hybridized carbons (Fsp3) is 0.217. The van der Waals surface area contributed by atoms with E-state index in [2.05, 4.69) is 86.5 Å². The molecule has 1 amide bonds. The Morgan fingerprint density at radius 3 is 2.41 bits per heavy atom. The lowest BCUT2D eigenvalue weighted by Gasteiger charge is -2.37. The van der Waals surface area contributed by atoms with Crippen molar-refractivity contribution in [2.24, 2.45) is 4.99 Å². The van der Waals surface area contributed by atoms with E-state index >= 15 is 0 Å². The molecule has 0 bridgehead atoms. The number of allylic oxidation sites excluding steroid dienone is 1. The summed E-state index contributed by atoms with van der Waals surface area (Å²) < 4.78 is 2.12. The molecule has 2 aromatic carbocycles. The first-order chi connectivity index (χ1) is 14.1. The van der Waals surface area contributed by atoms with Crippen molar-refractivity contribution in [3.05, 3.63) is 85.4 Å². The first kappa shape index (κ1) is 19.3. The van der Waals surface area contributed by atoms with E-state index in [9.17, 15) is 4.79 Å². The first-order valence-electron chi connectivity index (χ1n) is 9.59. The number of hydrogen-bond acceptors (Lipinski definition) is 3. The van der Waals surface area contributed by atoms with Crippen LogP contribution in [0, 0.1) is 0 Å². The topological polar surface area (TPSA) is 32.7 Å². The molecule has 1 fully saturated rings. The molecule has 0 N–H and O–H groups in total. The predicted molar refractivity (Wildman–Crippen MR) is 127 cm³/mol. The van der Waals surface area contributed by atoms with Gasteiger partial charge < -0.3 is 0 Å². The number of carbonyl (C=O) groups excluding carboxylic acids is 1. The van der Waals surface area contributed by atoms with Gasteiger partial charge in [0.25, 0.3) is 0 Å². The van der Waals surface area contributed by atoms with Gasteiger partial charge in [-0.3, -0.25) is 9.69 Å². The maximum Gasteiger partial charge on any atom is 0.239 e. The minimum atomic E-state index is -0.0540. The highest BCUT2D eigenvalue weighted by atomic mass is 79.9. The van der Waals surface area contributed by atoms with Crippen LogP contribution < -0.4 is 0 Å². The van der Waals surface area contributed by atoms with Crippen molar-refractivity contribution in [1.29, 1.82) is 0 Å². The van der Waals surface area contributed by atoms with Crippen LogP contribution in [0.2, 0.25) is 0 Å². The number of rotatable bonds is 2. The van der Waals surface area contributed by atoms with Gasteiger partial charge >= 0.3 is 0 Å². The van der Waals surface area contributed by atoms with Gasteiger partial charge in [0.2, 0.25) is 5.91 Å². The molecule has 6 heteroatoms. The van der Waals surface area contributed by atoms with Gasteiger partial charge in [-0.05, 0) is 71.9 Å². The van der Waals surface area contributed by atoms with E-state index in [-0.39, 0.29) is 11.9 Å². The van der Waals surface area contributed by atoms with Gasteiger partial charge in [0.1, 0.15) is 0 Å². The Labute approximate surface area is 191 Å². The van der Waals surface area contributed by atoms with Crippen LogP contribution in [0.3, 0.4) is 0 Å². The molecular weight excluding hydrogens is 512 g/mol. The van der Waals surface area contributed by atoms with Crippen LogP contribution in [-0.4, -0.2) is 21.7 Å². The Bertz CT molecular complexity index is 1070. The molecule has 0 radical (unpaired) electrons. The number of fused-ring (bicyclic) bond motifs is 1. The molecule has 29 heavy (non-hydrogen) atoms. The lowest BCUT2D eigenvalue weighted by atomic mass is 9.83. The molecule has 2 aromatic rings. The second-order valence-electron chi connectivity index (χ2n) is 7.35. The van der Waals surface area contributed by atoms with E-state index in [1.807, 2.05) is 4.90 Å². The highest BCUT2D eigenvalue weighted by Gasteiger charge is 2.42. The van der Waals surface area contributed by atoms with Crippen LogP contribution in [-0.2, 0) is 4.79 Å². The van der Waals surface area contributed by atoms with Crippen molar-refractivity contribution in [2.45, 2.75) is 25.3 Å². The van der Waals surface area contributed by atoms with Crippen LogP contribution in [0.5, 0.6) is 0 Å². The summed E-state index contributed by atoms with van der Waals surface area (Å²) in [6.45, 7) is 0. The molecule has 1 atom stereocenters. The van der Waals surface area contributed by atoms with Gasteiger partial charge in [-0.1, -0.05) is 67.9 Å². The molecule has 3 aliphatic rings. The van der Waals surface area contributed by atoms with Crippen LogP contribution in [0.1, 0.15) is 36.4 Å². The Morgan fingerprint density at radius 2 is 1.69 bits per heavy atom. The number of nitrogens with zero attached hydrogens (tertiary/aromatic N) is 2. The molecule has 0 unspecified atom stereocenters. The average Bonchev–Trinajstić information content (AvgIpc) is 3.10. The quantitative estimate of drug-likeness (QED) is 0.432. The summed E-state index contributed by atoms with van der Waals surface area (Å²) >= 11 is 8.58. The smallest absolute Gasteiger partial charge is 0.239 e. The number of carbonyl (C=O) groups is 1. The highest BCUT2D eigenvalue weighted by Crippen LogP contribution is 2.47. The Kier molecular flexibility index (Phi) is 5.26. The number of amides is 1. The summed E-state index contributed by atoms with van der Waals surface area (Å²) in [6.07, 6.45) is 5.31. The monoisotopic (exact) mass is 528 g/mol. The van der Waals surface area contributed by atoms with E-state index in [4.69, 9.17) is 4.99 Å². The molecule has 0 spiro atoms. The summed E-state index contributed by atoms with van der Waals surface area (Å²) in [5.74, 6) is 0.621. The normalized spacial score (nSPS) is 22.6. The molecule has 0 saturated carbocycles. The number of thioether (sulfide) groups is 1. The third-order valence-electron chi connectivity index (χ3n) is 5.49. The van der Waals surface area contributed by atoms with E-state index < -0.39 is 0 Å². The predicted octanol–water partition coefficient (Wildman–Crippen LogP) is 6.72. The molecule has 5 rings (SSSR count). The molecule has 1 aliphatic carbocycles. The Balaban J connectivity index is 1.64. The second kappa shape index (κ2) is 7.89. The number of benzene rings is 2. The zero-order chi connectivity index (χ0) is 20.0. The van der Waals surface area contributed by atoms with Crippen LogP contribution >= 0.6 is 43.6 Å². The molecule has 2 heterocycles. The van der Waals surface area contributed by atoms with E-state index in [0.29, 0.717) is 5.75 Å². The van der Waals surface area contributed by atoms with Crippen molar-refractivity contribution in [2.75, 3.05) is 5.75 Å². The van der Waals surface area contributed by atoms with Crippen molar-refractivity contribution in [3.63, 3.8) is 0 Å². The maximum atomic E-state index is 12.7. The van der Waals surface area contributed by atoms with Gasteiger partial charge in [0, 0.05) is 8.95 Å². The molecule has 2 aliphatic heterocycles. The van der Waals surface area contributed by atoms with Crippen molar-refractivity contribution < 1.29 is 4.79 Å². The molecule has 1 saturated heterocycles.